The number of hydrogen-bond donors (Lipinski definition) is 1. The summed E-state index contributed by atoms with van der Waals surface area (Å²) < 4.78 is 5.40. The summed E-state index contributed by atoms with van der Waals surface area (Å²) in [5, 5.41) is 0. The Morgan fingerprint density at radius 2 is 1.91 bits per heavy atom. The van der Waals surface area contributed by atoms with Gasteiger partial charge in [0.1, 0.15) is 6.54 Å². The van der Waals surface area contributed by atoms with E-state index in [9.17, 15) is 4.79 Å². The minimum Gasteiger partial charge on any atom is -0.463 e. The molecule has 1 amide bonds. The largest absolute Gasteiger partial charge is 0.463 e. The number of benzene rings is 1. The van der Waals surface area contributed by atoms with Crippen LogP contribution in [0.15, 0.2) is 47.1 Å². The third kappa shape index (κ3) is 3.77. The van der Waals surface area contributed by atoms with Gasteiger partial charge in [0.2, 0.25) is 5.91 Å². The summed E-state index contributed by atoms with van der Waals surface area (Å²) in [7, 11) is 0. The lowest BCUT2D eigenvalue weighted by Gasteiger charge is -2.32. The summed E-state index contributed by atoms with van der Waals surface area (Å²) in [6.07, 6.45) is 2.23. The van der Waals surface area contributed by atoms with Gasteiger partial charge in [0.15, 0.2) is 5.76 Å². The highest BCUT2D eigenvalue weighted by Crippen LogP contribution is 2.06. The summed E-state index contributed by atoms with van der Waals surface area (Å²) in [5.41, 5.74) is 2.33. The summed E-state index contributed by atoms with van der Waals surface area (Å²) in [6.45, 7) is 6.61. The van der Waals surface area contributed by atoms with Crippen LogP contribution in [0.25, 0.3) is 0 Å². The van der Waals surface area contributed by atoms with Crippen molar-refractivity contribution in [3.05, 3.63) is 59.5 Å². The Kier molecular flexibility index (Phi) is 4.59. The summed E-state index contributed by atoms with van der Waals surface area (Å²) >= 11 is 0. The quantitative estimate of drug-likeness (QED) is 0.917. The molecule has 1 aliphatic rings. The van der Waals surface area contributed by atoms with Gasteiger partial charge >= 0.3 is 0 Å². The van der Waals surface area contributed by atoms with E-state index in [1.807, 2.05) is 29.2 Å². The van der Waals surface area contributed by atoms with Crippen molar-refractivity contribution < 1.29 is 14.1 Å². The molecule has 3 rings (SSSR count). The van der Waals surface area contributed by atoms with E-state index in [1.165, 1.54) is 10.5 Å². The van der Waals surface area contributed by atoms with Gasteiger partial charge in [-0.15, -0.1) is 0 Å². The van der Waals surface area contributed by atoms with E-state index >= 15 is 0 Å². The van der Waals surface area contributed by atoms with Gasteiger partial charge in [-0.05, 0) is 24.6 Å². The smallest absolute Gasteiger partial charge is 0.227 e. The van der Waals surface area contributed by atoms with E-state index in [1.54, 1.807) is 6.26 Å². The van der Waals surface area contributed by atoms with Crippen LogP contribution in [0, 0.1) is 6.92 Å². The first kappa shape index (κ1) is 14.9. The molecule has 0 spiro atoms. The van der Waals surface area contributed by atoms with Crippen LogP contribution in [-0.4, -0.2) is 37.0 Å². The second-order valence-corrected chi connectivity index (χ2v) is 6.05. The van der Waals surface area contributed by atoms with Gasteiger partial charge in [0, 0.05) is 0 Å². The van der Waals surface area contributed by atoms with Crippen molar-refractivity contribution in [3.63, 3.8) is 0 Å². The lowest BCUT2D eigenvalue weighted by atomic mass is 10.1. The maximum absolute atomic E-state index is 12.4. The number of nitrogens with one attached hydrogen (secondary N) is 1. The molecule has 1 N–H and O–H groups in total. The van der Waals surface area contributed by atoms with Crippen LogP contribution in [-0.2, 0) is 17.8 Å². The molecule has 0 aliphatic carbocycles. The summed E-state index contributed by atoms with van der Waals surface area (Å²) in [4.78, 5) is 15.8. The van der Waals surface area contributed by atoms with E-state index in [0.717, 1.165) is 44.0 Å². The molecule has 1 saturated heterocycles. The van der Waals surface area contributed by atoms with Gasteiger partial charge in [-0.2, -0.15) is 0 Å². The molecule has 4 heteroatoms. The SMILES string of the molecule is Cc1ccc(CC(=O)N2CC[NH+](Cc3ccco3)CC2)cc1. The van der Waals surface area contributed by atoms with E-state index in [4.69, 9.17) is 4.42 Å². The van der Waals surface area contributed by atoms with Gasteiger partial charge in [-0.1, -0.05) is 29.8 Å². The van der Waals surface area contributed by atoms with Crippen LogP contribution >= 0.6 is 0 Å². The van der Waals surface area contributed by atoms with Crippen molar-refractivity contribution in [1.82, 2.24) is 4.90 Å². The van der Waals surface area contributed by atoms with Gasteiger partial charge < -0.3 is 14.2 Å². The highest BCUT2D eigenvalue weighted by molar-refractivity contribution is 5.78. The summed E-state index contributed by atoms with van der Waals surface area (Å²) in [6, 6.07) is 12.2. The zero-order valence-electron chi connectivity index (χ0n) is 13.0. The van der Waals surface area contributed by atoms with Crippen molar-refractivity contribution in [2.45, 2.75) is 19.9 Å². The first-order valence-corrected chi connectivity index (χ1v) is 7.90. The molecule has 1 fully saturated rings. The highest BCUT2D eigenvalue weighted by Gasteiger charge is 2.24. The van der Waals surface area contributed by atoms with Crippen molar-refractivity contribution in [3.8, 4) is 0 Å². The molecule has 0 saturated carbocycles. The van der Waals surface area contributed by atoms with Gasteiger partial charge in [-0.3, -0.25) is 4.79 Å². The molecular weight excluding hydrogens is 276 g/mol. The predicted molar refractivity (Wildman–Crippen MR) is 84.6 cm³/mol. The number of carbonyl (C=O) groups excluding carboxylic acids is 1. The first-order chi connectivity index (χ1) is 10.7. The molecule has 1 aromatic heterocycles. The average molecular weight is 299 g/mol. The normalized spacial score (nSPS) is 16.0. The Balaban J connectivity index is 1.48. The lowest BCUT2D eigenvalue weighted by Crippen LogP contribution is -3.13. The molecule has 22 heavy (non-hydrogen) atoms. The molecule has 116 valence electrons. The highest BCUT2D eigenvalue weighted by atomic mass is 16.3. The first-order valence-electron chi connectivity index (χ1n) is 7.90. The Hall–Kier alpha value is -2.07. The fourth-order valence-corrected chi connectivity index (χ4v) is 2.90. The van der Waals surface area contributed by atoms with Crippen LogP contribution < -0.4 is 4.90 Å². The number of hydrogen-bond acceptors (Lipinski definition) is 2. The standard InChI is InChI=1S/C18H22N2O2/c1-15-4-6-16(7-5-15)13-18(21)20-10-8-19(9-11-20)14-17-3-2-12-22-17/h2-7,12H,8-11,13-14H2,1H3/p+1. The molecule has 4 nitrogen and oxygen atoms in total. The van der Waals surface area contributed by atoms with Crippen LogP contribution in [0.1, 0.15) is 16.9 Å². The Labute approximate surface area is 131 Å². The van der Waals surface area contributed by atoms with Gasteiger partial charge in [0.25, 0.3) is 0 Å². The molecule has 0 atom stereocenters. The zero-order valence-corrected chi connectivity index (χ0v) is 13.0. The molecule has 1 aromatic carbocycles. The maximum Gasteiger partial charge on any atom is 0.227 e. The third-order valence-corrected chi connectivity index (χ3v) is 4.30. The lowest BCUT2D eigenvalue weighted by molar-refractivity contribution is -0.918. The molecule has 1 aliphatic heterocycles. The predicted octanol–water partition coefficient (Wildman–Crippen LogP) is 1.06. The molecule has 2 aromatic rings. The van der Waals surface area contributed by atoms with E-state index in [-0.39, 0.29) is 5.91 Å². The third-order valence-electron chi connectivity index (χ3n) is 4.30. The average Bonchev–Trinajstić information content (AvgIpc) is 3.03. The molecule has 2 heterocycles. The van der Waals surface area contributed by atoms with Crippen LogP contribution in [0.5, 0.6) is 0 Å². The van der Waals surface area contributed by atoms with E-state index in [0.29, 0.717) is 6.42 Å². The van der Waals surface area contributed by atoms with E-state index < -0.39 is 0 Å². The fourth-order valence-electron chi connectivity index (χ4n) is 2.90. The number of piperazine rings is 1. The van der Waals surface area contributed by atoms with Gasteiger partial charge in [-0.25, -0.2) is 0 Å². The second kappa shape index (κ2) is 6.79. The van der Waals surface area contributed by atoms with Crippen LogP contribution in [0.3, 0.4) is 0 Å². The molecule has 0 bridgehead atoms. The van der Waals surface area contributed by atoms with Crippen molar-refractivity contribution in [2.24, 2.45) is 0 Å². The fraction of sp³-hybridized carbons (Fsp3) is 0.389. The second-order valence-electron chi connectivity index (χ2n) is 6.05. The van der Waals surface area contributed by atoms with E-state index in [2.05, 4.69) is 19.1 Å². The topological polar surface area (TPSA) is 37.9 Å². The number of carbonyl (C=O) groups is 1. The maximum atomic E-state index is 12.4. The number of quaternary nitrogens is 1. The summed E-state index contributed by atoms with van der Waals surface area (Å²) in [5.74, 6) is 1.26. The Morgan fingerprint density at radius 1 is 1.18 bits per heavy atom. The van der Waals surface area contributed by atoms with Crippen LogP contribution in [0.2, 0.25) is 0 Å². The number of aryl methyl sites for hydroxylation is 1. The van der Waals surface area contributed by atoms with Gasteiger partial charge in [0.05, 0.1) is 38.9 Å². The zero-order chi connectivity index (χ0) is 15.4. The Bertz CT molecular complexity index is 597. The number of amides is 1. The van der Waals surface area contributed by atoms with Crippen molar-refractivity contribution in [1.29, 1.82) is 0 Å². The molecular formula is C18H23N2O2+. The number of rotatable bonds is 4. The number of nitrogens with zero attached hydrogens (tertiary/aromatic N) is 1. The van der Waals surface area contributed by atoms with Crippen molar-refractivity contribution in [2.75, 3.05) is 26.2 Å². The van der Waals surface area contributed by atoms with Crippen LogP contribution in [0.4, 0.5) is 0 Å². The minimum absolute atomic E-state index is 0.237. The molecule has 0 radical (unpaired) electrons. The Morgan fingerprint density at radius 3 is 2.55 bits per heavy atom. The van der Waals surface area contributed by atoms with Crippen molar-refractivity contribution >= 4 is 5.91 Å². The minimum atomic E-state index is 0.237. The monoisotopic (exact) mass is 299 g/mol. The molecule has 0 unspecified atom stereocenters. The number of furan rings is 1.